The molecule has 2 aromatic carbocycles. The molecule has 0 bridgehead atoms. The number of thiazole rings is 1. The Labute approximate surface area is 186 Å². The summed E-state index contributed by atoms with van der Waals surface area (Å²) in [6.45, 7) is 0. The number of benzene rings is 2. The topological polar surface area (TPSA) is 55.6 Å². The first-order valence-electron chi connectivity index (χ1n) is 9.17. The molecule has 1 N–H and O–H groups in total. The van der Waals surface area contributed by atoms with Gasteiger partial charge in [-0.25, -0.2) is 4.98 Å². The van der Waals surface area contributed by atoms with Gasteiger partial charge < -0.3 is 10.1 Å². The molecule has 4 aromatic rings. The van der Waals surface area contributed by atoms with Gasteiger partial charge in [0.1, 0.15) is 11.4 Å². The van der Waals surface area contributed by atoms with Gasteiger partial charge in [-0.15, -0.1) is 11.3 Å². The summed E-state index contributed by atoms with van der Waals surface area (Å²) in [5.41, 5.74) is -2.41. The zero-order valence-electron chi connectivity index (χ0n) is 16.6. The average molecular weight is 485 g/mol. The van der Waals surface area contributed by atoms with E-state index in [1.807, 2.05) is 0 Å². The molecule has 2 aromatic heterocycles. The molecular formula is C21H13F6N3O2S. The lowest BCUT2D eigenvalue weighted by molar-refractivity contribution is -0.143. The number of imidazole rings is 1. The number of alkyl halides is 6. The zero-order valence-corrected chi connectivity index (χ0v) is 17.4. The highest BCUT2D eigenvalue weighted by atomic mass is 32.1. The third kappa shape index (κ3) is 4.65. The Bertz CT molecular complexity index is 1290. The molecule has 0 fully saturated rings. The summed E-state index contributed by atoms with van der Waals surface area (Å²) >= 11 is 1.10. The van der Waals surface area contributed by atoms with Crippen LogP contribution in [0.2, 0.25) is 0 Å². The summed E-state index contributed by atoms with van der Waals surface area (Å²) in [6.07, 6.45) is -8.49. The number of aromatic nitrogens is 2. The van der Waals surface area contributed by atoms with E-state index in [4.69, 9.17) is 4.74 Å². The van der Waals surface area contributed by atoms with Crippen LogP contribution in [0.5, 0.6) is 5.75 Å². The van der Waals surface area contributed by atoms with E-state index in [1.165, 1.54) is 16.9 Å². The number of amides is 1. The van der Waals surface area contributed by atoms with Crippen molar-refractivity contribution in [1.29, 1.82) is 0 Å². The first-order chi connectivity index (χ1) is 15.5. The number of methoxy groups -OCH3 is 1. The normalized spacial score (nSPS) is 12.2. The number of halogens is 6. The molecule has 0 aliphatic heterocycles. The van der Waals surface area contributed by atoms with Crippen molar-refractivity contribution in [2.24, 2.45) is 0 Å². The number of fused-ring (bicyclic) bond motifs is 1. The van der Waals surface area contributed by atoms with Gasteiger partial charge in [0, 0.05) is 22.8 Å². The maximum absolute atomic E-state index is 13.1. The highest BCUT2D eigenvalue weighted by Gasteiger charge is 2.37. The third-order valence-electron chi connectivity index (χ3n) is 4.67. The molecule has 0 aliphatic rings. The lowest BCUT2D eigenvalue weighted by Gasteiger charge is -2.14. The number of rotatable bonds is 4. The molecule has 0 atom stereocenters. The van der Waals surface area contributed by atoms with Crippen LogP contribution in [0, 0.1) is 0 Å². The fraction of sp³-hybridized carbons (Fsp3) is 0.143. The number of nitrogens with one attached hydrogen (secondary N) is 1. The zero-order chi connectivity index (χ0) is 24.0. The number of ether oxygens (including phenoxy) is 1. The van der Waals surface area contributed by atoms with Crippen molar-refractivity contribution in [3.63, 3.8) is 0 Å². The Morgan fingerprint density at radius 1 is 1.00 bits per heavy atom. The largest absolute Gasteiger partial charge is 0.497 e. The van der Waals surface area contributed by atoms with Gasteiger partial charge in [0.2, 0.25) is 0 Å². The Morgan fingerprint density at radius 2 is 1.61 bits per heavy atom. The number of carbonyl (C=O) groups is 1. The summed E-state index contributed by atoms with van der Waals surface area (Å²) < 4.78 is 84.9. The molecule has 5 nitrogen and oxygen atoms in total. The molecule has 0 saturated carbocycles. The van der Waals surface area contributed by atoms with Crippen molar-refractivity contribution >= 4 is 27.9 Å². The Morgan fingerprint density at radius 3 is 2.15 bits per heavy atom. The Hall–Kier alpha value is -3.54. The maximum Gasteiger partial charge on any atom is 0.416 e. The van der Waals surface area contributed by atoms with Crippen LogP contribution in [0.25, 0.3) is 16.2 Å². The van der Waals surface area contributed by atoms with Crippen LogP contribution < -0.4 is 10.1 Å². The van der Waals surface area contributed by atoms with E-state index >= 15 is 0 Å². The minimum atomic E-state index is -5.02. The molecule has 2 heterocycles. The summed E-state index contributed by atoms with van der Waals surface area (Å²) in [5, 5.41) is 3.54. The Balaban J connectivity index is 1.66. The quantitative estimate of drug-likeness (QED) is 0.342. The summed E-state index contributed by atoms with van der Waals surface area (Å²) in [7, 11) is 1.52. The predicted molar refractivity (Wildman–Crippen MR) is 109 cm³/mol. The van der Waals surface area contributed by atoms with E-state index in [9.17, 15) is 31.1 Å². The number of nitrogens with zero attached hydrogens (tertiary/aromatic N) is 2. The van der Waals surface area contributed by atoms with Crippen LogP contribution >= 0.6 is 11.3 Å². The smallest absolute Gasteiger partial charge is 0.416 e. The summed E-state index contributed by atoms with van der Waals surface area (Å²) in [5.74, 6) is -0.244. The van der Waals surface area contributed by atoms with E-state index in [1.54, 1.807) is 30.5 Å². The summed E-state index contributed by atoms with van der Waals surface area (Å²) in [6, 6.07) is 7.86. The lowest BCUT2D eigenvalue weighted by Crippen LogP contribution is -2.17. The number of hydrogen-bond donors (Lipinski definition) is 1. The van der Waals surface area contributed by atoms with E-state index in [0.29, 0.717) is 28.5 Å². The van der Waals surface area contributed by atoms with Crippen molar-refractivity contribution in [3.8, 4) is 17.0 Å². The molecule has 1 amide bonds. The van der Waals surface area contributed by atoms with Gasteiger partial charge >= 0.3 is 12.4 Å². The van der Waals surface area contributed by atoms with Crippen LogP contribution in [0.1, 0.15) is 21.6 Å². The second-order valence-electron chi connectivity index (χ2n) is 6.88. The van der Waals surface area contributed by atoms with Crippen LogP contribution in [-0.4, -0.2) is 22.4 Å². The highest BCUT2D eigenvalue weighted by molar-refractivity contribution is 7.15. The van der Waals surface area contributed by atoms with E-state index in [2.05, 4.69) is 10.3 Å². The lowest BCUT2D eigenvalue weighted by atomic mass is 10.1. The predicted octanol–water partition coefficient (Wildman–Crippen LogP) is 6.36. The standard InChI is InChI=1S/C21H13F6N3O2S/c1-32-15-4-2-11(3-5-15)16-9-30-17(10-33-19(30)29-16)18(31)28-14-7-12(20(22,23)24)6-13(8-14)21(25,26)27/h2-10H,1H3,(H,28,31). The average Bonchev–Trinajstić information content (AvgIpc) is 3.33. The number of anilines is 1. The van der Waals surface area contributed by atoms with Gasteiger partial charge in [-0.05, 0) is 42.5 Å². The molecule has 0 spiro atoms. The second-order valence-corrected chi connectivity index (χ2v) is 7.71. The van der Waals surface area contributed by atoms with Gasteiger partial charge in [-0.1, -0.05) is 0 Å². The van der Waals surface area contributed by atoms with Crippen molar-refractivity contribution in [2.45, 2.75) is 12.4 Å². The molecule has 172 valence electrons. The molecule has 0 aliphatic carbocycles. The molecular weight excluding hydrogens is 472 g/mol. The number of carbonyl (C=O) groups excluding carboxylic acids is 1. The molecule has 0 radical (unpaired) electrons. The molecule has 0 saturated heterocycles. The monoisotopic (exact) mass is 485 g/mol. The van der Waals surface area contributed by atoms with Gasteiger partial charge in [-0.2, -0.15) is 26.3 Å². The van der Waals surface area contributed by atoms with Crippen LogP contribution in [0.3, 0.4) is 0 Å². The second kappa shape index (κ2) is 8.10. The minimum absolute atomic E-state index is 0.00452. The third-order valence-corrected chi connectivity index (χ3v) is 5.51. The molecule has 0 unspecified atom stereocenters. The van der Waals surface area contributed by atoms with E-state index in [-0.39, 0.29) is 11.8 Å². The van der Waals surface area contributed by atoms with Crippen molar-refractivity contribution in [1.82, 2.24) is 9.38 Å². The maximum atomic E-state index is 13.1. The van der Waals surface area contributed by atoms with Crippen molar-refractivity contribution in [3.05, 3.63) is 70.9 Å². The van der Waals surface area contributed by atoms with Crippen LogP contribution in [0.15, 0.2) is 54.0 Å². The first-order valence-corrected chi connectivity index (χ1v) is 10.1. The van der Waals surface area contributed by atoms with Gasteiger partial charge in [0.25, 0.3) is 5.91 Å². The fourth-order valence-electron chi connectivity index (χ4n) is 3.07. The molecule has 4 rings (SSSR count). The Kier molecular flexibility index (Phi) is 5.56. The molecule has 12 heteroatoms. The van der Waals surface area contributed by atoms with Gasteiger partial charge in [0.05, 0.1) is 23.9 Å². The van der Waals surface area contributed by atoms with Gasteiger partial charge in [-0.3, -0.25) is 9.20 Å². The van der Waals surface area contributed by atoms with E-state index < -0.39 is 35.1 Å². The first kappa shape index (κ1) is 22.6. The van der Waals surface area contributed by atoms with Crippen LogP contribution in [-0.2, 0) is 12.4 Å². The van der Waals surface area contributed by atoms with E-state index in [0.717, 1.165) is 16.9 Å². The summed E-state index contributed by atoms with van der Waals surface area (Å²) in [4.78, 5) is 17.5. The van der Waals surface area contributed by atoms with Crippen molar-refractivity contribution in [2.75, 3.05) is 12.4 Å². The number of hydrogen-bond acceptors (Lipinski definition) is 4. The SMILES string of the molecule is COc1ccc(-c2cn3c(C(=O)Nc4cc(C(F)(F)F)cc(C(F)(F)F)c4)csc3n2)cc1. The van der Waals surface area contributed by atoms with Crippen molar-refractivity contribution < 1.29 is 35.9 Å². The highest BCUT2D eigenvalue weighted by Crippen LogP contribution is 2.37. The van der Waals surface area contributed by atoms with Gasteiger partial charge in [0.15, 0.2) is 4.96 Å². The minimum Gasteiger partial charge on any atom is -0.497 e. The fourth-order valence-corrected chi connectivity index (χ4v) is 3.92. The molecule has 33 heavy (non-hydrogen) atoms. The van der Waals surface area contributed by atoms with Crippen LogP contribution in [0.4, 0.5) is 32.0 Å².